The average Bonchev–Trinajstić information content (AvgIpc) is 2.66. The molecule has 0 fully saturated rings. The molecule has 15 heavy (non-hydrogen) atoms. The first-order chi connectivity index (χ1) is 7.16. The van der Waals surface area contributed by atoms with Crippen molar-refractivity contribution in [2.24, 2.45) is 5.73 Å². The second kappa shape index (κ2) is 4.31. The smallest absolute Gasteiger partial charge is 0.110 e. The van der Waals surface area contributed by atoms with E-state index in [0.717, 1.165) is 21.3 Å². The highest BCUT2D eigenvalue weighted by Crippen LogP contribution is 2.26. The summed E-state index contributed by atoms with van der Waals surface area (Å²) in [7, 11) is 0. The van der Waals surface area contributed by atoms with Gasteiger partial charge in [0.05, 0.1) is 11.7 Å². The Labute approximate surface area is 97.7 Å². The van der Waals surface area contributed by atoms with E-state index in [-0.39, 0.29) is 6.04 Å². The molecule has 0 bridgehead atoms. The van der Waals surface area contributed by atoms with Gasteiger partial charge in [0.15, 0.2) is 0 Å². The number of aromatic nitrogens is 1. The van der Waals surface area contributed by atoms with Gasteiger partial charge in [0.1, 0.15) is 5.01 Å². The van der Waals surface area contributed by atoms with E-state index in [1.54, 1.807) is 11.3 Å². The maximum absolute atomic E-state index is 5.92. The molecule has 0 aliphatic heterocycles. The Morgan fingerprint density at radius 1 is 1.47 bits per heavy atom. The fourth-order valence-corrected chi connectivity index (χ4v) is 2.25. The Hall–Kier alpha value is -0.900. The van der Waals surface area contributed by atoms with Crippen LogP contribution in [0, 0.1) is 0 Å². The van der Waals surface area contributed by atoms with Crippen LogP contribution >= 0.6 is 22.9 Å². The van der Waals surface area contributed by atoms with E-state index < -0.39 is 0 Å². The zero-order valence-electron chi connectivity index (χ0n) is 8.27. The number of thiazole rings is 1. The molecule has 1 aromatic carbocycles. The quantitative estimate of drug-likeness (QED) is 0.870. The summed E-state index contributed by atoms with van der Waals surface area (Å²) >= 11 is 7.49. The molecule has 0 saturated heterocycles. The minimum Gasteiger partial charge on any atom is -0.322 e. The molecule has 4 heteroatoms. The van der Waals surface area contributed by atoms with Crippen molar-refractivity contribution in [1.82, 2.24) is 4.98 Å². The summed E-state index contributed by atoms with van der Waals surface area (Å²) in [5.41, 5.74) is 7.73. The molecule has 1 aromatic heterocycles. The second-order valence-electron chi connectivity index (χ2n) is 3.37. The van der Waals surface area contributed by atoms with Crippen LogP contribution in [0.4, 0.5) is 0 Å². The first-order valence-electron chi connectivity index (χ1n) is 4.64. The maximum Gasteiger partial charge on any atom is 0.110 e. The van der Waals surface area contributed by atoms with E-state index in [2.05, 4.69) is 4.98 Å². The highest BCUT2D eigenvalue weighted by molar-refractivity contribution is 7.10. The number of halogens is 1. The molecule has 0 spiro atoms. The highest BCUT2D eigenvalue weighted by Gasteiger charge is 2.07. The summed E-state index contributed by atoms with van der Waals surface area (Å²) < 4.78 is 0. The Morgan fingerprint density at radius 3 is 2.87 bits per heavy atom. The lowest BCUT2D eigenvalue weighted by Crippen LogP contribution is -2.03. The van der Waals surface area contributed by atoms with Crippen LogP contribution in [0.3, 0.4) is 0 Å². The van der Waals surface area contributed by atoms with Crippen LogP contribution in [0.15, 0.2) is 29.6 Å². The highest BCUT2D eigenvalue weighted by atomic mass is 35.5. The van der Waals surface area contributed by atoms with Crippen LogP contribution in [0.25, 0.3) is 11.3 Å². The maximum atomic E-state index is 5.92. The molecule has 0 amide bonds. The molecule has 0 aliphatic rings. The Kier molecular flexibility index (Phi) is 3.05. The Balaban J connectivity index is 2.37. The fourth-order valence-electron chi connectivity index (χ4n) is 1.28. The van der Waals surface area contributed by atoms with Crippen molar-refractivity contribution in [3.05, 3.63) is 39.7 Å². The summed E-state index contributed by atoms with van der Waals surface area (Å²) in [6.45, 7) is 1.93. The van der Waals surface area contributed by atoms with Crippen LogP contribution in [0.1, 0.15) is 18.0 Å². The van der Waals surface area contributed by atoms with E-state index >= 15 is 0 Å². The summed E-state index contributed by atoms with van der Waals surface area (Å²) in [6.07, 6.45) is 0. The summed E-state index contributed by atoms with van der Waals surface area (Å²) in [4.78, 5) is 4.46. The van der Waals surface area contributed by atoms with E-state index in [1.165, 1.54) is 0 Å². The van der Waals surface area contributed by atoms with Gasteiger partial charge in [0, 0.05) is 16.0 Å². The predicted molar refractivity (Wildman–Crippen MR) is 65.2 cm³/mol. The first kappa shape index (κ1) is 10.6. The summed E-state index contributed by atoms with van der Waals surface area (Å²) in [6, 6.07) is 7.66. The minimum absolute atomic E-state index is 0.0112. The molecular formula is C11H11ClN2S. The van der Waals surface area contributed by atoms with Gasteiger partial charge in [-0.15, -0.1) is 11.3 Å². The lowest BCUT2D eigenvalue weighted by atomic mass is 10.2. The monoisotopic (exact) mass is 238 g/mol. The number of rotatable bonds is 2. The van der Waals surface area contributed by atoms with Gasteiger partial charge < -0.3 is 5.73 Å². The number of hydrogen-bond donors (Lipinski definition) is 1. The van der Waals surface area contributed by atoms with Crippen LogP contribution < -0.4 is 5.73 Å². The van der Waals surface area contributed by atoms with Gasteiger partial charge in [0.2, 0.25) is 0 Å². The fraction of sp³-hybridized carbons (Fsp3) is 0.182. The van der Waals surface area contributed by atoms with E-state index in [9.17, 15) is 0 Å². The lowest BCUT2D eigenvalue weighted by Gasteiger charge is -1.98. The van der Waals surface area contributed by atoms with Crippen LogP contribution in [0.5, 0.6) is 0 Å². The van der Waals surface area contributed by atoms with E-state index in [1.807, 2.05) is 36.6 Å². The van der Waals surface area contributed by atoms with Crippen molar-refractivity contribution in [3.63, 3.8) is 0 Å². The largest absolute Gasteiger partial charge is 0.322 e. The van der Waals surface area contributed by atoms with E-state index in [0.29, 0.717) is 0 Å². The standard InChI is InChI=1S/C11H11ClN2S/c1-7(13)11-14-10(6-15-11)8-3-2-4-9(12)5-8/h2-7H,13H2,1H3. The number of nitrogens with two attached hydrogens (primary N) is 1. The number of hydrogen-bond acceptors (Lipinski definition) is 3. The zero-order chi connectivity index (χ0) is 10.8. The molecule has 0 radical (unpaired) electrons. The molecule has 2 rings (SSSR count). The number of nitrogens with zero attached hydrogens (tertiary/aromatic N) is 1. The van der Waals surface area contributed by atoms with Crippen molar-refractivity contribution in [2.75, 3.05) is 0 Å². The molecule has 1 atom stereocenters. The Morgan fingerprint density at radius 2 is 2.27 bits per heavy atom. The van der Waals surface area contributed by atoms with Gasteiger partial charge in [0.25, 0.3) is 0 Å². The van der Waals surface area contributed by atoms with Gasteiger partial charge in [-0.1, -0.05) is 23.7 Å². The van der Waals surface area contributed by atoms with Gasteiger partial charge in [-0.25, -0.2) is 4.98 Å². The van der Waals surface area contributed by atoms with Crippen LogP contribution in [0.2, 0.25) is 5.02 Å². The Bertz CT molecular complexity index is 465. The van der Waals surface area contributed by atoms with Crippen molar-refractivity contribution in [3.8, 4) is 11.3 Å². The molecule has 2 N–H and O–H groups in total. The van der Waals surface area contributed by atoms with Crippen LogP contribution in [-0.2, 0) is 0 Å². The molecule has 2 nitrogen and oxygen atoms in total. The van der Waals surface area contributed by atoms with Gasteiger partial charge >= 0.3 is 0 Å². The summed E-state index contributed by atoms with van der Waals surface area (Å²) in [5, 5.41) is 3.68. The van der Waals surface area contributed by atoms with Crippen molar-refractivity contribution in [1.29, 1.82) is 0 Å². The molecule has 1 heterocycles. The van der Waals surface area contributed by atoms with E-state index in [4.69, 9.17) is 17.3 Å². The average molecular weight is 239 g/mol. The third kappa shape index (κ3) is 2.37. The van der Waals surface area contributed by atoms with Crippen molar-refractivity contribution in [2.45, 2.75) is 13.0 Å². The van der Waals surface area contributed by atoms with Gasteiger partial charge in [-0.3, -0.25) is 0 Å². The SMILES string of the molecule is CC(N)c1nc(-c2cccc(Cl)c2)cs1. The number of benzene rings is 1. The second-order valence-corrected chi connectivity index (χ2v) is 4.70. The molecule has 1 unspecified atom stereocenters. The predicted octanol–water partition coefficient (Wildman–Crippen LogP) is 3.48. The third-order valence-corrected chi connectivity index (χ3v) is 3.31. The van der Waals surface area contributed by atoms with Gasteiger partial charge in [-0.05, 0) is 19.1 Å². The lowest BCUT2D eigenvalue weighted by molar-refractivity contribution is 0.808. The molecule has 0 aliphatic carbocycles. The molecule has 78 valence electrons. The first-order valence-corrected chi connectivity index (χ1v) is 5.89. The molecule has 2 aromatic rings. The van der Waals surface area contributed by atoms with Crippen molar-refractivity contribution >= 4 is 22.9 Å². The normalized spacial score (nSPS) is 12.7. The minimum atomic E-state index is -0.0112. The van der Waals surface area contributed by atoms with Gasteiger partial charge in [-0.2, -0.15) is 0 Å². The summed E-state index contributed by atoms with van der Waals surface area (Å²) in [5.74, 6) is 0. The zero-order valence-corrected chi connectivity index (χ0v) is 9.85. The topological polar surface area (TPSA) is 38.9 Å². The van der Waals surface area contributed by atoms with Crippen LogP contribution in [-0.4, -0.2) is 4.98 Å². The third-order valence-electron chi connectivity index (χ3n) is 2.03. The molecular weight excluding hydrogens is 228 g/mol. The molecule has 0 saturated carbocycles. The van der Waals surface area contributed by atoms with Crippen molar-refractivity contribution < 1.29 is 0 Å².